The van der Waals surface area contributed by atoms with Gasteiger partial charge in [-0.05, 0) is 95.3 Å². The molecule has 16 N–H and O–H groups in total. The van der Waals surface area contributed by atoms with Crippen molar-refractivity contribution in [3.63, 3.8) is 0 Å². The molecular weight excluding hydrogens is 1100 g/mol. The second-order valence-corrected chi connectivity index (χ2v) is 19.3. The molecule has 85 heavy (non-hydrogen) atoms. The van der Waals surface area contributed by atoms with Gasteiger partial charge in [0.25, 0.3) is 0 Å². The summed E-state index contributed by atoms with van der Waals surface area (Å²) in [5.74, 6) is 4.91. The first-order valence-electron chi connectivity index (χ1n) is 26.1. The van der Waals surface area contributed by atoms with Gasteiger partial charge in [0.15, 0.2) is 46.1 Å². The lowest BCUT2D eigenvalue weighted by Crippen LogP contribution is -1.87. The molecule has 0 fully saturated rings. The van der Waals surface area contributed by atoms with Gasteiger partial charge in [0, 0.05) is 70.0 Å². The Morgan fingerprint density at radius 1 is 0.482 bits per heavy atom. The lowest BCUT2D eigenvalue weighted by Gasteiger charge is -2.01. The van der Waals surface area contributed by atoms with Crippen LogP contribution >= 0.6 is 0 Å². The second kappa shape index (κ2) is 23.0. The highest BCUT2D eigenvalue weighted by Gasteiger charge is 2.17. The quantitative estimate of drug-likeness (QED) is 0.0705. The number of anilines is 5. The van der Waals surface area contributed by atoms with Crippen LogP contribution < -0.4 is 27.8 Å². The molecule has 15 aromatic rings. The van der Waals surface area contributed by atoms with Gasteiger partial charge in [-0.15, -0.1) is 0 Å². The second-order valence-electron chi connectivity index (χ2n) is 19.3. The first-order chi connectivity index (χ1) is 41.0. The van der Waals surface area contributed by atoms with Crippen LogP contribution in [-0.4, -0.2) is 105 Å². The predicted octanol–water partition coefficient (Wildman–Crippen LogP) is 11.1. The Kier molecular flexibility index (Phi) is 15.0. The molecule has 0 aliphatic heterocycles. The lowest BCUT2D eigenvalue weighted by molar-refractivity contribution is 0.460. The van der Waals surface area contributed by atoms with Crippen molar-refractivity contribution in [1.29, 1.82) is 0 Å². The van der Waals surface area contributed by atoms with Crippen LogP contribution in [0.15, 0.2) is 113 Å². The van der Waals surface area contributed by atoms with Gasteiger partial charge in [-0.25, -0.2) is 29.3 Å². The maximum Gasteiger partial charge on any atom is 0.234 e. The number of hydrogen-bond acceptors (Lipinski definition) is 17. The van der Waals surface area contributed by atoms with Crippen molar-refractivity contribution in [3.8, 4) is 56.5 Å². The molecule has 0 bridgehead atoms. The summed E-state index contributed by atoms with van der Waals surface area (Å²) in [6.07, 6.45) is 5.21. The molecule has 0 radical (unpaired) electrons. The summed E-state index contributed by atoms with van der Waals surface area (Å²) in [6.45, 7) is 9.06. The number of nitrogens with zero attached hydrogens (tertiary/aromatic N) is 10. The molecule has 0 amide bonds. The van der Waals surface area contributed by atoms with Crippen molar-refractivity contribution >= 4 is 83.7 Å². The molecule has 10 aromatic heterocycles. The van der Waals surface area contributed by atoms with Gasteiger partial charge in [-0.2, -0.15) is 24.1 Å². The molecule has 430 valence electrons. The van der Waals surface area contributed by atoms with E-state index in [0.29, 0.717) is 73.9 Å². The number of H-pyrrole nitrogens is 8. The maximum atomic E-state index is 14.2. The monoisotopic (exact) mass is 1150 g/mol. The summed E-state index contributed by atoms with van der Waals surface area (Å²) in [5.41, 5.74) is 27.7. The molecule has 5 aromatic carbocycles. The number of nitrogen functional groups attached to an aromatic ring is 3. The van der Waals surface area contributed by atoms with Crippen molar-refractivity contribution < 1.29 is 22.2 Å². The fraction of sp³-hybridized carbons (Fsp3) is 0.123. The highest BCUT2D eigenvalue weighted by Crippen LogP contribution is 2.32. The van der Waals surface area contributed by atoms with Crippen LogP contribution in [0.2, 0.25) is 0 Å². The number of hydrogen-bond donors (Lipinski definition) is 13. The van der Waals surface area contributed by atoms with Crippen molar-refractivity contribution in [2.75, 3.05) is 41.9 Å². The third kappa shape index (κ3) is 11.4. The van der Waals surface area contributed by atoms with Crippen molar-refractivity contribution in [1.82, 2.24) is 90.7 Å². The van der Waals surface area contributed by atoms with Gasteiger partial charge in [-0.1, -0.05) is 34.6 Å². The van der Waals surface area contributed by atoms with E-state index in [-0.39, 0.29) is 11.5 Å². The third-order valence-electron chi connectivity index (χ3n) is 13.4. The highest BCUT2D eigenvalue weighted by atomic mass is 19.1. The average Bonchev–Trinajstić information content (AvgIpc) is 3.31. The zero-order valence-electron chi connectivity index (χ0n) is 46.5. The van der Waals surface area contributed by atoms with Gasteiger partial charge < -0.3 is 61.8 Å². The molecule has 0 aliphatic carbocycles. The molecule has 0 saturated heterocycles. The molecule has 28 heteroatoms. The number of nitrogens with one attached hydrogen (secondary N) is 10. The molecule has 25 nitrogen and oxygen atoms in total. The van der Waals surface area contributed by atoms with E-state index in [2.05, 4.69) is 101 Å². The van der Waals surface area contributed by atoms with Gasteiger partial charge in [0.1, 0.15) is 40.3 Å². The third-order valence-corrected chi connectivity index (χ3v) is 13.4. The fourth-order valence-corrected chi connectivity index (χ4v) is 9.12. The topological polar surface area (TPSA) is 384 Å². The number of fused-ring (bicyclic) bond motifs is 5. The number of imidazole rings is 5. The van der Waals surface area contributed by atoms with E-state index in [1.54, 1.807) is 57.6 Å². The van der Waals surface area contributed by atoms with Gasteiger partial charge in [0.05, 0.1) is 51.3 Å². The number of aromatic nitrogens is 18. The van der Waals surface area contributed by atoms with E-state index in [9.17, 15) is 13.2 Å². The Morgan fingerprint density at radius 2 is 1.01 bits per heavy atom. The number of rotatable bonds is 7. The number of benzene rings is 5. The van der Waals surface area contributed by atoms with Crippen molar-refractivity contribution in [2.45, 2.75) is 34.6 Å². The Morgan fingerprint density at radius 3 is 1.54 bits per heavy atom. The highest BCUT2D eigenvalue weighted by molar-refractivity contribution is 5.95. The first kappa shape index (κ1) is 55.2. The van der Waals surface area contributed by atoms with E-state index < -0.39 is 11.9 Å². The minimum absolute atomic E-state index is 0.289. The zero-order chi connectivity index (χ0) is 59.6. The van der Waals surface area contributed by atoms with Crippen LogP contribution in [0, 0.1) is 52.3 Å². The Balaban J connectivity index is 0.000000111. The van der Waals surface area contributed by atoms with E-state index >= 15 is 0 Å². The smallest absolute Gasteiger partial charge is 0.234 e. The normalized spacial score (nSPS) is 11.1. The first-order valence-corrected chi connectivity index (χ1v) is 26.1. The summed E-state index contributed by atoms with van der Waals surface area (Å²) in [4.78, 5) is 35.2. The maximum absolute atomic E-state index is 14.2. The van der Waals surface area contributed by atoms with Crippen LogP contribution in [0.3, 0.4) is 0 Å². The summed E-state index contributed by atoms with van der Waals surface area (Å²) < 4.78 is 51.4. The van der Waals surface area contributed by atoms with Crippen LogP contribution in [-0.2, 0) is 0 Å². The fourth-order valence-electron chi connectivity index (χ4n) is 9.12. The zero-order valence-corrected chi connectivity index (χ0v) is 46.5. The number of aromatic amines is 8. The predicted molar refractivity (Wildman–Crippen MR) is 320 cm³/mol. The Bertz CT molecular complexity index is 4810. The molecule has 0 unspecified atom stereocenters. The van der Waals surface area contributed by atoms with Gasteiger partial charge in [-0.3, -0.25) is 15.3 Å². The minimum Gasteiger partial charge on any atom is -0.382 e. The van der Waals surface area contributed by atoms with Crippen LogP contribution in [0.25, 0.3) is 111 Å². The number of nitrogens with two attached hydrogens (primary N) is 3. The number of aryl methyl sites for hydroxylation is 5. The Labute approximate surface area is 478 Å². The lowest BCUT2D eigenvalue weighted by atomic mass is 10.1. The molecule has 0 spiro atoms. The molecule has 0 saturated carbocycles. The largest absolute Gasteiger partial charge is 0.382 e. The summed E-state index contributed by atoms with van der Waals surface area (Å²) in [7, 11) is 3.59. The molecule has 10 heterocycles. The molecule has 15 rings (SSSR count). The SMILES string of the molecule is CNc1noc2cc(-c3cnc(C)[nH]3)ccc12.CNc1noc2cc(-c3nc(C)[nH]c3F)ccc12.Cc1[nH]c(-c2ccc3c(N)n[nH]c3c2)nc1F.Cc1cnc(-c2ccc3c(N)n[nH]c3c2)[nH]1.Cc1ncc(-c2ccc3c(N)n[nH]c3c2F)[nH]1. The molecule has 0 aliphatic rings. The standard InChI is InChI=1S/C12H11FN4O.C12H12N4O.2C11H10FN5.C11H11N5/c1-6-15-10(11(13)16-6)7-3-4-8-9(5-7)18-17-12(8)14-2;1-7-14-6-10(15-7)8-3-4-9-11(5-8)17-16-12(9)13-2;1-5-14-4-8(15-5)6-2-3-7-10(9(6)12)16-17-11(7)13;1-5-9(12)15-11(14-5)6-2-3-7-8(4-6)16-17-10(7)13;1-6-5-13-11(14-6)7-2-3-8-9(4-7)15-16-10(8)12/h3-5H,1-2H3,(H,14,17)(H,15,16);3-6H,1-2H3,(H,13,16)(H,14,15);2*2-4H,1H3,(H,14,15)(H3,13,16,17);2-5H,1H3,(H,13,14)(H3,12,15,16). The number of halogens is 3. The molecule has 0 atom stereocenters. The molecular formula is C57H54F3N23O2. The van der Waals surface area contributed by atoms with Crippen molar-refractivity contribution in [2.24, 2.45) is 0 Å². The summed E-state index contributed by atoms with van der Waals surface area (Å²) in [5, 5.41) is 37.9. The average molecular weight is 1150 g/mol. The summed E-state index contributed by atoms with van der Waals surface area (Å²) in [6, 6.07) is 26.1. The Hall–Kier alpha value is -11.7. The van der Waals surface area contributed by atoms with Crippen LogP contribution in [0.1, 0.15) is 28.9 Å². The van der Waals surface area contributed by atoms with E-state index in [0.717, 1.165) is 89.5 Å². The van der Waals surface area contributed by atoms with E-state index in [1.807, 2.05) is 94.7 Å². The van der Waals surface area contributed by atoms with E-state index in [4.69, 9.17) is 26.2 Å². The van der Waals surface area contributed by atoms with Crippen LogP contribution in [0.4, 0.5) is 42.3 Å². The van der Waals surface area contributed by atoms with Crippen LogP contribution in [0.5, 0.6) is 0 Å². The van der Waals surface area contributed by atoms with Gasteiger partial charge >= 0.3 is 0 Å². The van der Waals surface area contributed by atoms with Gasteiger partial charge in [0.2, 0.25) is 11.9 Å². The minimum atomic E-state index is -0.482. The summed E-state index contributed by atoms with van der Waals surface area (Å²) >= 11 is 0. The van der Waals surface area contributed by atoms with E-state index in [1.165, 1.54) is 0 Å². The van der Waals surface area contributed by atoms with Crippen molar-refractivity contribution in [3.05, 3.63) is 150 Å².